The molecule has 114 valence electrons. The van der Waals surface area contributed by atoms with Gasteiger partial charge in [-0.15, -0.1) is 0 Å². The third kappa shape index (κ3) is 3.76. The number of halogens is 1. The van der Waals surface area contributed by atoms with Gasteiger partial charge in [0.05, 0.1) is 19.1 Å². The van der Waals surface area contributed by atoms with Crippen LogP contribution in [0.5, 0.6) is 0 Å². The van der Waals surface area contributed by atoms with Crippen LogP contribution < -0.4 is 5.32 Å². The molecule has 2 aliphatic rings. The fraction of sp³-hybridized carbons (Fsp3) is 0.562. The van der Waals surface area contributed by atoms with Crippen molar-refractivity contribution in [3.8, 4) is 0 Å². The fourth-order valence-electron chi connectivity index (χ4n) is 3.21. The lowest BCUT2D eigenvalue weighted by molar-refractivity contribution is -0.121. The van der Waals surface area contributed by atoms with Crippen LogP contribution >= 0.6 is 11.6 Å². The molecule has 1 aromatic rings. The highest BCUT2D eigenvalue weighted by atomic mass is 35.5. The van der Waals surface area contributed by atoms with E-state index in [1.807, 2.05) is 24.3 Å². The van der Waals surface area contributed by atoms with E-state index in [2.05, 4.69) is 17.1 Å². The molecule has 21 heavy (non-hydrogen) atoms. The van der Waals surface area contributed by atoms with Gasteiger partial charge in [-0.05, 0) is 31.0 Å². The van der Waals surface area contributed by atoms with Crippen molar-refractivity contribution in [2.75, 3.05) is 19.7 Å². The average Bonchev–Trinajstić information content (AvgIpc) is 2.82. The summed E-state index contributed by atoms with van der Waals surface area (Å²) in [4.78, 5) is 14.6. The van der Waals surface area contributed by atoms with Crippen molar-refractivity contribution in [3.05, 3.63) is 34.9 Å². The topological polar surface area (TPSA) is 41.6 Å². The second kappa shape index (κ2) is 6.34. The van der Waals surface area contributed by atoms with Crippen LogP contribution in [-0.4, -0.2) is 48.7 Å². The monoisotopic (exact) mass is 308 g/mol. The molecule has 1 amide bonds. The molecular weight excluding hydrogens is 288 g/mol. The summed E-state index contributed by atoms with van der Waals surface area (Å²) in [7, 11) is 0. The van der Waals surface area contributed by atoms with Gasteiger partial charge in [-0.25, -0.2) is 0 Å². The first-order valence-corrected chi connectivity index (χ1v) is 7.87. The maximum absolute atomic E-state index is 12.1. The van der Waals surface area contributed by atoms with E-state index in [-0.39, 0.29) is 11.9 Å². The molecule has 4 nitrogen and oxygen atoms in total. The van der Waals surface area contributed by atoms with Crippen LogP contribution in [0.3, 0.4) is 0 Å². The number of benzene rings is 1. The minimum atomic E-state index is 0.0798. The van der Waals surface area contributed by atoms with Gasteiger partial charge < -0.3 is 10.1 Å². The molecule has 1 N–H and O–H groups in total. The van der Waals surface area contributed by atoms with Crippen molar-refractivity contribution in [2.45, 2.75) is 38.0 Å². The molecule has 0 saturated carbocycles. The predicted molar refractivity (Wildman–Crippen MR) is 82.5 cm³/mol. The maximum atomic E-state index is 12.1. The van der Waals surface area contributed by atoms with Gasteiger partial charge in [0.1, 0.15) is 0 Å². The zero-order valence-electron chi connectivity index (χ0n) is 12.2. The molecule has 2 fully saturated rings. The molecule has 1 aromatic carbocycles. The number of carbonyl (C=O) groups excluding carboxylic acids is 1. The number of morpholine rings is 1. The lowest BCUT2D eigenvalue weighted by Crippen LogP contribution is -2.45. The minimum absolute atomic E-state index is 0.0798. The van der Waals surface area contributed by atoms with Crippen LogP contribution in [0.1, 0.15) is 18.9 Å². The summed E-state index contributed by atoms with van der Waals surface area (Å²) in [5.41, 5.74) is 0.990. The summed E-state index contributed by atoms with van der Waals surface area (Å²) in [6, 6.07) is 8.13. The van der Waals surface area contributed by atoms with Crippen molar-refractivity contribution in [1.82, 2.24) is 10.2 Å². The van der Waals surface area contributed by atoms with Crippen LogP contribution in [0, 0.1) is 0 Å². The van der Waals surface area contributed by atoms with Crippen molar-refractivity contribution in [2.24, 2.45) is 0 Å². The third-order valence-electron chi connectivity index (χ3n) is 4.24. The van der Waals surface area contributed by atoms with E-state index in [0.717, 1.165) is 31.7 Å². The van der Waals surface area contributed by atoms with Crippen molar-refractivity contribution in [1.29, 1.82) is 0 Å². The molecule has 2 saturated heterocycles. The highest BCUT2D eigenvalue weighted by Crippen LogP contribution is 2.23. The number of nitrogens with one attached hydrogen (secondary N) is 1. The standard InChI is InChI=1S/C16H21ClN2O2/c1-11-8-19-9-14(7-15(19)10-21-11)18-16(20)6-12-2-4-13(17)5-3-12/h2-5,11,14-15H,6-10H2,1H3,(H,18,20)/t11-,14-,15+/m1/s1. The van der Waals surface area contributed by atoms with Gasteiger partial charge in [0.25, 0.3) is 0 Å². The first-order valence-electron chi connectivity index (χ1n) is 7.49. The largest absolute Gasteiger partial charge is 0.376 e. The Bertz CT molecular complexity index is 506. The molecule has 3 atom stereocenters. The number of hydrogen-bond donors (Lipinski definition) is 1. The molecule has 0 aromatic heterocycles. The van der Waals surface area contributed by atoms with E-state index in [4.69, 9.17) is 16.3 Å². The summed E-state index contributed by atoms with van der Waals surface area (Å²) in [5, 5.41) is 3.84. The fourth-order valence-corrected chi connectivity index (χ4v) is 3.34. The van der Waals surface area contributed by atoms with Gasteiger partial charge in [-0.3, -0.25) is 9.69 Å². The zero-order chi connectivity index (χ0) is 14.8. The Morgan fingerprint density at radius 1 is 1.38 bits per heavy atom. The number of rotatable bonds is 3. The van der Waals surface area contributed by atoms with E-state index in [9.17, 15) is 4.79 Å². The lowest BCUT2D eigenvalue weighted by Gasteiger charge is -2.33. The number of carbonyl (C=O) groups is 1. The summed E-state index contributed by atoms with van der Waals surface area (Å²) in [5.74, 6) is 0.0798. The number of ether oxygens (including phenoxy) is 1. The third-order valence-corrected chi connectivity index (χ3v) is 4.49. The molecule has 3 rings (SSSR count). The van der Waals surface area contributed by atoms with Crippen molar-refractivity contribution < 1.29 is 9.53 Å². The number of hydrogen-bond acceptors (Lipinski definition) is 3. The SMILES string of the molecule is C[C@@H]1CN2C[C@H](NC(=O)Cc3ccc(Cl)cc3)C[C@H]2CO1. The maximum Gasteiger partial charge on any atom is 0.224 e. The first kappa shape index (κ1) is 14.8. The van der Waals surface area contributed by atoms with Gasteiger partial charge in [0, 0.05) is 30.2 Å². The average molecular weight is 309 g/mol. The van der Waals surface area contributed by atoms with E-state index in [0.29, 0.717) is 23.6 Å². The Kier molecular flexibility index (Phi) is 4.48. The Morgan fingerprint density at radius 2 is 2.14 bits per heavy atom. The van der Waals surface area contributed by atoms with E-state index >= 15 is 0 Å². The molecule has 0 spiro atoms. The molecule has 2 aliphatic heterocycles. The van der Waals surface area contributed by atoms with E-state index in [1.165, 1.54) is 0 Å². The Balaban J connectivity index is 1.50. The Labute approximate surface area is 130 Å². The molecule has 5 heteroatoms. The zero-order valence-corrected chi connectivity index (χ0v) is 13.0. The van der Waals surface area contributed by atoms with Crippen LogP contribution in [0.15, 0.2) is 24.3 Å². The summed E-state index contributed by atoms with van der Waals surface area (Å²) in [6.45, 7) is 4.78. The van der Waals surface area contributed by atoms with Gasteiger partial charge in [0.15, 0.2) is 0 Å². The highest BCUT2D eigenvalue weighted by molar-refractivity contribution is 6.30. The number of amides is 1. The molecule has 0 bridgehead atoms. The molecule has 2 heterocycles. The van der Waals surface area contributed by atoms with Gasteiger partial charge in [-0.1, -0.05) is 23.7 Å². The second-order valence-electron chi connectivity index (χ2n) is 6.06. The Morgan fingerprint density at radius 3 is 2.90 bits per heavy atom. The normalized spacial score (nSPS) is 29.1. The van der Waals surface area contributed by atoms with Crippen LogP contribution in [-0.2, 0) is 16.0 Å². The predicted octanol–water partition coefficient (Wildman–Crippen LogP) is 1.86. The quantitative estimate of drug-likeness (QED) is 0.927. The Hall–Kier alpha value is -1.10. The second-order valence-corrected chi connectivity index (χ2v) is 6.49. The van der Waals surface area contributed by atoms with Crippen LogP contribution in [0.25, 0.3) is 0 Å². The van der Waals surface area contributed by atoms with Gasteiger partial charge >= 0.3 is 0 Å². The van der Waals surface area contributed by atoms with Crippen molar-refractivity contribution >= 4 is 17.5 Å². The minimum Gasteiger partial charge on any atom is -0.376 e. The molecule has 0 radical (unpaired) electrons. The summed E-state index contributed by atoms with van der Waals surface area (Å²) < 4.78 is 5.69. The molecule has 0 unspecified atom stereocenters. The van der Waals surface area contributed by atoms with Crippen molar-refractivity contribution in [3.63, 3.8) is 0 Å². The molecule has 0 aliphatic carbocycles. The smallest absolute Gasteiger partial charge is 0.224 e. The number of fused-ring (bicyclic) bond motifs is 1. The number of nitrogens with zero attached hydrogens (tertiary/aromatic N) is 1. The van der Waals surface area contributed by atoms with Crippen LogP contribution in [0.2, 0.25) is 5.02 Å². The van der Waals surface area contributed by atoms with E-state index < -0.39 is 0 Å². The lowest BCUT2D eigenvalue weighted by atomic mass is 10.1. The van der Waals surface area contributed by atoms with Gasteiger partial charge in [-0.2, -0.15) is 0 Å². The summed E-state index contributed by atoms with van der Waals surface area (Å²) >= 11 is 5.85. The molecular formula is C16H21ClN2O2. The summed E-state index contributed by atoms with van der Waals surface area (Å²) in [6.07, 6.45) is 1.69. The van der Waals surface area contributed by atoms with Gasteiger partial charge in [0.2, 0.25) is 5.91 Å². The highest BCUT2D eigenvalue weighted by Gasteiger charge is 2.36. The van der Waals surface area contributed by atoms with E-state index in [1.54, 1.807) is 0 Å². The first-order chi connectivity index (χ1) is 10.1. The van der Waals surface area contributed by atoms with Crippen LogP contribution in [0.4, 0.5) is 0 Å².